The molecule has 21 heavy (non-hydrogen) atoms. The van der Waals surface area contributed by atoms with Crippen LogP contribution in [-0.2, 0) is 10.0 Å². The Balaban J connectivity index is 2.42. The van der Waals surface area contributed by atoms with E-state index < -0.39 is 10.0 Å². The smallest absolute Gasteiger partial charge is 0.264 e. The van der Waals surface area contributed by atoms with Crippen LogP contribution in [0.3, 0.4) is 0 Å². The van der Waals surface area contributed by atoms with Crippen LogP contribution in [0.25, 0.3) is 0 Å². The third kappa shape index (κ3) is 3.01. The normalized spacial score (nSPS) is 11.2. The van der Waals surface area contributed by atoms with Crippen molar-refractivity contribution >= 4 is 21.4 Å². The molecule has 5 nitrogen and oxygen atoms in total. The molecule has 0 amide bonds. The molecule has 0 unspecified atom stereocenters. The van der Waals surface area contributed by atoms with Crippen molar-refractivity contribution in [2.24, 2.45) is 5.84 Å². The van der Waals surface area contributed by atoms with E-state index in [-0.39, 0.29) is 4.90 Å². The van der Waals surface area contributed by atoms with E-state index in [1.807, 2.05) is 32.0 Å². The first kappa shape index (κ1) is 15.3. The van der Waals surface area contributed by atoms with Gasteiger partial charge in [0, 0.05) is 12.7 Å². The van der Waals surface area contributed by atoms with Gasteiger partial charge in [-0.3, -0.25) is 10.1 Å². The van der Waals surface area contributed by atoms with E-state index in [0.29, 0.717) is 11.4 Å². The summed E-state index contributed by atoms with van der Waals surface area (Å²) in [5, 5.41) is 0. The summed E-state index contributed by atoms with van der Waals surface area (Å²) in [5.41, 5.74) is 5.81. The maximum atomic E-state index is 12.6. The molecule has 0 saturated carbocycles. The van der Waals surface area contributed by atoms with Crippen molar-refractivity contribution in [2.45, 2.75) is 18.7 Å². The number of nitrogens with two attached hydrogens (primary N) is 1. The fourth-order valence-corrected chi connectivity index (χ4v) is 3.43. The van der Waals surface area contributed by atoms with Crippen LogP contribution in [0.5, 0.6) is 0 Å². The van der Waals surface area contributed by atoms with Gasteiger partial charge in [-0.25, -0.2) is 8.42 Å². The monoisotopic (exact) mass is 305 g/mol. The lowest BCUT2D eigenvalue weighted by Gasteiger charge is -2.22. The number of nitrogens with zero attached hydrogens (tertiary/aromatic N) is 1. The van der Waals surface area contributed by atoms with Crippen LogP contribution in [0.4, 0.5) is 11.4 Å². The van der Waals surface area contributed by atoms with Crippen molar-refractivity contribution in [2.75, 3.05) is 16.8 Å². The van der Waals surface area contributed by atoms with Crippen LogP contribution >= 0.6 is 0 Å². The molecule has 0 heterocycles. The van der Waals surface area contributed by atoms with Gasteiger partial charge in [-0.15, -0.1) is 0 Å². The van der Waals surface area contributed by atoms with Crippen molar-refractivity contribution in [3.05, 3.63) is 53.6 Å². The summed E-state index contributed by atoms with van der Waals surface area (Å²) in [5.74, 6) is 5.28. The van der Waals surface area contributed by atoms with Gasteiger partial charge in [-0.2, -0.15) is 0 Å². The molecule has 2 aromatic rings. The zero-order valence-corrected chi connectivity index (χ0v) is 13.1. The Morgan fingerprint density at radius 3 is 2.19 bits per heavy atom. The van der Waals surface area contributed by atoms with Crippen molar-refractivity contribution in [1.29, 1.82) is 0 Å². The molecule has 0 radical (unpaired) electrons. The Hall–Kier alpha value is -2.05. The third-order valence-corrected chi connectivity index (χ3v) is 5.16. The second-order valence-corrected chi connectivity index (χ2v) is 6.90. The number of sulfonamides is 1. The van der Waals surface area contributed by atoms with Gasteiger partial charge < -0.3 is 5.43 Å². The predicted molar refractivity (Wildman–Crippen MR) is 85.8 cm³/mol. The minimum atomic E-state index is -3.59. The number of benzene rings is 2. The molecular weight excluding hydrogens is 286 g/mol. The highest BCUT2D eigenvalue weighted by Gasteiger charge is 2.22. The number of anilines is 2. The number of hydrogen-bond acceptors (Lipinski definition) is 4. The molecule has 0 atom stereocenters. The summed E-state index contributed by atoms with van der Waals surface area (Å²) in [6, 6.07) is 12.0. The van der Waals surface area contributed by atoms with E-state index >= 15 is 0 Å². The van der Waals surface area contributed by atoms with E-state index in [9.17, 15) is 8.42 Å². The summed E-state index contributed by atoms with van der Waals surface area (Å²) in [4.78, 5) is 0.226. The Morgan fingerprint density at radius 2 is 1.67 bits per heavy atom. The van der Waals surface area contributed by atoms with Gasteiger partial charge in [-0.05, 0) is 49.7 Å². The molecule has 0 aliphatic carbocycles. The van der Waals surface area contributed by atoms with Crippen molar-refractivity contribution in [3.63, 3.8) is 0 Å². The lowest BCUT2D eigenvalue weighted by molar-refractivity contribution is 0.594. The molecule has 0 fully saturated rings. The number of nitrogen functional groups attached to an aromatic ring is 1. The van der Waals surface area contributed by atoms with Gasteiger partial charge in [0.25, 0.3) is 10.0 Å². The molecule has 2 rings (SSSR count). The van der Waals surface area contributed by atoms with E-state index in [1.54, 1.807) is 19.2 Å². The average Bonchev–Trinajstić information content (AvgIpc) is 2.46. The molecule has 0 aliphatic heterocycles. The highest BCUT2D eigenvalue weighted by molar-refractivity contribution is 7.92. The second kappa shape index (κ2) is 5.75. The van der Waals surface area contributed by atoms with Gasteiger partial charge in [0.1, 0.15) is 0 Å². The quantitative estimate of drug-likeness (QED) is 0.672. The van der Waals surface area contributed by atoms with Crippen LogP contribution in [0, 0.1) is 13.8 Å². The molecule has 0 saturated heterocycles. The Kier molecular flexibility index (Phi) is 4.20. The zero-order valence-electron chi connectivity index (χ0n) is 12.3. The SMILES string of the molecule is Cc1ccc(N(C)S(=O)(=O)c2ccc(NN)cc2)c(C)c1. The molecule has 0 aromatic heterocycles. The first-order valence-electron chi connectivity index (χ1n) is 6.49. The van der Waals surface area contributed by atoms with Crippen LogP contribution in [0.2, 0.25) is 0 Å². The molecule has 0 spiro atoms. The lowest BCUT2D eigenvalue weighted by atomic mass is 10.1. The first-order chi connectivity index (χ1) is 9.86. The Labute approximate surface area is 125 Å². The maximum absolute atomic E-state index is 12.6. The average molecular weight is 305 g/mol. The van der Waals surface area contributed by atoms with E-state index in [4.69, 9.17) is 5.84 Å². The second-order valence-electron chi connectivity index (χ2n) is 4.93. The largest absolute Gasteiger partial charge is 0.324 e. The fraction of sp³-hybridized carbons (Fsp3) is 0.200. The topological polar surface area (TPSA) is 75.4 Å². The predicted octanol–water partition coefficient (Wildman–Crippen LogP) is 2.41. The third-order valence-electron chi connectivity index (χ3n) is 3.37. The minimum Gasteiger partial charge on any atom is -0.324 e. The van der Waals surface area contributed by atoms with E-state index in [2.05, 4.69) is 5.43 Å². The van der Waals surface area contributed by atoms with Crippen molar-refractivity contribution in [3.8, 4) is 0 Å². The number of rotatable bonds is 4. The van der Waals surface area contributed by atoms with Crippen LogP contribution in [-0.4, -0.2) is 15.5 Å². The number of nitrogens with one attached hydrogen (secondary N) is 1. The number of aryl methyl sites for hydroxylation is 2. The molecular formula is C15H19N3O2S. The maximum Gasteiger partial charge on any atom is 0.264 e. The number of hydrazine groups is 1. The zero-order chi connectivity index (χ0) is 15.6. The molecule has 2 aromatic carbocycles. The van der Waals surface area contributed by atoms with Gasteiger partial charge in [0.15, 0.2) is 0 Å². The molecule has 112 valence electrons. The van der Waals surface area contributed by atoms with E-state index in [1.165, 1.54) is 16.4 Å². The molecule has 3 N–H and O–H groups in total. The standard InChI is InChI=1S/C15H19N3O2S/c1-11-4-9-15(12(2)10-11)18(3)21(19,20)14-7-5-13(17-16)6-8-14/h4-10,17H,16H2,1-3H3. The van der Waals surface area contributed by atoms with Crippen LogP contribution < -0.4 is 15.6 Å². The summed E-state index contributed by atoms with van der Waals surface area (Å²) in [6.07, 6.45) is 0. The van der Waals surface area contributed by atoms with Gasteiger partial charge >= 0.3 is 0 Å². The summed E-state index contributed by atoms with van der Waals surface area (Å²) in [6.45, 7) is 3.87. The first-order valence-corrected chi connectivity index (χ1v) is 7.93. The lowest BCUT2D eigenvalue weighted by Crippen LogP contribution is -2.27. The molecule has 0 bridgehead atoms. The Bertz CT molecular complexity index is 740. The summed E-state index contributed by atoms with van der Waals surface area (Å²) >= 11 is 0. The number of hydrogen-bond donors (Lipinski definition) is 2. The van der Waals surface area contributed by atoms with Crippen LogP contribution in [0.15, 0.2) is 47.4 Å². The molecule has 0 aliphatic rings. The highest BCUT2D eigenvalue weighted by atomic mass is 32.2. The van der Waals surface area contributed by atoms with Crippen molar-refractivity contribution in [1.82, 2.24) is 0 Å². The van der Waals surface area contributed by atoms with Crippen LogP contribution in [0.1, 0.15) is 11.1 Å². The summed E-state index contributed by atoms with van der Waals surface area (Å²) in [7, 11) is -2.03. The molecule has 6 heteroatoms. The Morgan fingerprint density at radius 1 is 1.05 bits per heavy atom. The van der Waals surface area contributed by atoms with Gasteiger partial charge in [0.05, 0.1) is 10.6 Å². The van der Waals surface area contributed by atoms with Gasteiger partial charge in [-0.1, -0.05) is 17.7 Å². The van der Waals surface area contributed by atoms with Gasteiger partial charge in [0.2, 0.25) is 0 Å². The minimum absolute atomic E-state index is 0.226. The fourth-order valence-electron chi connectivity index (χ4n) is 2.17. The van der Waals surface area contributed by atoms with Crippen molar-refractivity contribution < 1.29 is 8.42 Å². The summed E-state index contributed by atoms with van der Waals surface area (Å²) < 4.78 is 26.6. The van der Waals surface area contributed by atoms with E-state index in [0.717, 1.165) is 11.1 Å². The highest BCUT2D eigenvalue weighted by Crippen LogP contribution is 2.26.